The lowest BCUT2D eigenvalue weighted by molar-refractivity contribution is -0.138. The molecule has 0 aromatic heterocycles. The van der Waals surface area contributed by atoms with E-state index in [9.17, 15) is 19.5 Å². The Labute approximate surface area is 198 Å². The first-order valence-electron chi connectivity index (χ1n) is 11.7. The summed E-state index contributed by atoms with van der Waals surface area (Å²) in [6.07, 6.45) is 0.682. The van der Waals surface area contributed by atoms with Gasteiger partial charge in [-0.05, 0) is 41.0 Å². The number of benzene rings is 2. The van der Waals surface area contributed by atoms with Gasteiger partial charge in [0.15, 0.2) is 0 Å². The lowest BCUT2D eigenvalue weighted by Gasteiger charge is -2.33. The Hall–Kier alpha value is -3.39. The van der Waals surface area contributed by atoms with Gasteiger partial charge in [0.25, 0.3) is 0 Å². The SMILES string of the molecule is O=C(O)CC(NC(=O)CC(O)CNC(=O)OCC1c2ccccc2-c2ccccc21)C1CCC1. The molecule has 2 aromatic rings. The summed E-state index contributed by atoms with van der Waals surface area (Å²) in [5, 5.41) is 24.5. The molecule has 180 valence electrons. The van der Waals surface area contributed by atoms with Gasteiger partial charge in [0.05, 0.1) is 18.9 Å². The molecular formula is C26H30N2O6. The number of carboxylic acids is 1. The van der Waals surface area contributed by atoms with E-state index in [2.05, 4.69) is 22.8 Å². The summed E-state index contributed by atoms with van der Waals surface area (Å²) >= 11 is 0. The molecule has 0 spiro atoms. The van der Waals surface area contributed by atoms with Crippen molar-refractivity contribution in [2.75, 3.05) is 13.2 Å². The van der Waals surface area contributed by atoms with Crippen molar-refractivity contribution in [2.45, 2.75) is 50.2 Å². The maximum absolute atomic E-state index is 12.3. The number of aliphatic hydroxyl groups excluding tert-OH is 1. The van der Waals surface area contributed by atoms with Crippen molar-refractivity contribution in [3.8, 4) is 11.1 Å². The lowest BCUT2D eigenvalue weighted by atomic mass is 9.78. The highest BCUT2D eigenvalue weighted by molar-refractivity contribution is 5.79. The first-order chi connectivity index (χ1) is 16.4. The number of hydrogen-bond acceptors (Lipinski definition) is 5. The number of ether oxygens (including phenoxy) is 1. The number of rotatable bonds is 10. The lowest BCUT2D eigenvalue weighted by Crippen LogP contribution is -2.45. The first kappa shape index (κ1) is 23.8. The van der Waals surface area contributed by atoms with Gasteiger partial charge in [-0.1, -0.05) is 55.0 Å². The van der Waals surface area contributed by atoms with Crippen LogP contribution in [0.1, 0.15) is 49.1 Å². The number of aliphatic carboxylic acids is 1. The second-order valence-electron chi connectivity index (χ2n) is 9.03. The number of hydrogen-bond donors (Lipinski definition) is 4. The van der Waals surface area contributed by atoms with E-state index in [1.54, 1.807) is 0 Å². The van der Waals surface area contributed by atoms with Crippen LogP contribution in [0.25, 0.3) is 11.1 Å². The molecule has 0 heterocycles. The van der Waals surface area contributed by atoms with Gasteiger partial charge in [-0.15, -0.1) is 0 Å². The topological polar surface area (TPSA) is 125 Å². The average molecular weight is 467 g/mol. The van der Waals surface area contributed by atoms with Gasteiger partial charge in [-0.3, -0.25) is 9.59 Å². The molecule has 4 rings (SSSR count). The fourth-order valence-corrected chi connectivity index (χ4v) is 4.77. The van der Waals surface area contributed by atoms with Crippen LogP contribution in [-0.4, -0.2) is 53.5 Å². The van der Waals surface area contributed by atoms with E-state index in [0.29, 0.717) is 0 Å². The number of carbonyl (C=O) groups excluding carboxylic acids is 2. The van der Waals surface area contributed by atoms with Crippen molar-refractivity contribution < 1.29 is 29.3 Å². The highest BCUT2D eigenvalue weighted by Crippen LogP contribution is 2.44. The van der Waals surface area contributed by atoms with Gasteiger partial charge < -0.3 is 25.6 Å². The molecule has 2 aliphatic carbocycles. The van der Waals surface area contributed by atoms with Crippen LogP contribution < -0.4 is 10.6 Å². The zero-order chi connectivity index (χ0) is 24.1. The van der Waals surface area contributed by atoms with Crippen molar-refractivity contribution in [1.82, 2.24) is 10.6 Å². The first-order valence-corrected chi connectivity index (χ1v) is 11.7. The molecule has 2 aromatic carbocycles. The molecule has 8 nitrogen and oxygen atoms in total. The normalized spacial score (nSPS) is 16.5. The third kappa shape index (κ3) is 5.56. The Morgan fingerprint density at radius 2 is 1.59 bits per heavy atom. The molecule has 2 atom stereocenters. The van der Waals surface area contributed by atoms with Crippen LogP contribution in [0.3, 0.4) is 0 Å². The monoisotopic (exact) mass is 466 g/mol. The van der Waals surface area contributed by atoms with Crippen LogP contribution in [-0.2, 0) is 14.3 Å². The fraction of sp³-hybridized carbons (Fsp3) is 0.423. The van der Waals surface area contributed by atoms with Gasteiger partial charge >= 0.3 is 12.1 Å². The third-order valence-electron chi connectivity index (χ3n) is 6.71. The number of nitrogens with one attached hydrogen (secondary N) is 2. The highest BCUT2D eigenvalue weighted by atomic mass is 16.5. The summed E-state index contributed by atoms with van der Waals surface area (Å²) in [6.45, 7) is 0.0197. The van der Waals surface area contributed by atoms with Crippen molar-refractivity contribution in [3.63, 3.8) is 0 Å². The van der Waals surface area contributed by atoms with Crippen LogP contribution in [0, 0.1) is 5.92 Å². The predicted molar refractivity (Wildman–Crippen MR) is 125 cm³/mol. The molecule has 8 heteroatoms. The molecule has 0 bridgehead atoms. The minimum Gasteiger partial charge on any atom is -0.481 e. The smallest absolute Gasteiger partial charge is 0.407 e. The Bertz CT molecular complexity index is 1010. The number of fused-ring (bicyclic) bond motifs is 3. The van der Waals surface area contributed by atoms with Crippen LogP contribution in [0.4, 0.5) is 4.79 Å². The van der Waals surface area contributed by atoms with Crippen LogP contribution in [0.15, 0.2) is 48.5 Å². The van der Waals surface area contributed by atoms with E-state index >= 15 is 0 Å². The molecule has 0 aliphatic heterocycles. The molecule has 0 radical (unpaired) electrons. The highest BCUT2D eigenvalue weighted by Gasteiger charge is 2.31. The number of carbonyl (C=O) groups is 3. The van der Waals surface area contributed by atoms with E-state index in [1.165, 1.54) is 0 Å². The molecule has 1 saturated carbocycles. The van der Waals surface area contributed by atoms with Crippen molar-refractivity contribution >= 4 is 18.0 Å². The molecule has 34 heavy (non-hydrogen) atoms. The Morgan fingerprint density at radius 3 is 2.15 bits per heavy atom. The Balaban J connectivity index is 1.23. The zero-order valence-corrected chi connectivity index (χ0v) is 18.9. The van der Waals surface area contributed by atoms with Crippen LogP contribution in [0.2, 0.25) is 0 Å². The van der Waals surface area contributed by atoms with E-state index in [-0.39, 0.29) is 37.8 Å². The number of aliphatic hydroxyl groups is 1. The molecule has 2 aliphatic rings. The van der Waals surface area contributed by atoms with Crippen molar-refractivity contribution in [3.05, 3.63) is 59.7 Å². The molecular weight excluding hydrogens is 436 g/mol. The Morgan fingerprint density at radius 1 is 0.971 bits per heavy atom. The number of carboxylic acid groups (broad SMARTS) is 1. The third-order valence-corrected chi connectivity index (χ3v) is 6.71. The summed E-state index contributed by atoms with van der Waals surface area (Å²) in [6, 6.07) is 15.6. The van der Waals surface area contributed by atoms with E-state index in [1.807, 2.05) is 36.4 Å². The summed E-state index contributed by atoms with van der Waals surface area (Å²) in [5.74, 6) is -1.29. The van der Waals surface area contributed by atoms with Crippen LogP contribution in [0.5, 0.6) is 0 Å². The number of alkyl carbamates (subject to hydrolysis) is 1. The largest absolute Gasteiger partial charge is 0.481 e. The van der Waals surface area contributed by atoms with Gasteiger partial charge in [0, 0.05) is 18.5 Å². The second-order valence-corrected chi connectivity index (χ2v) is 9.03. The average Bonchev–Trinajstić information content (AvgIpc) is 3.08. The fourth-order valence-electron chi connectivity index (χ4n) is 4.77. The Kier molecular flexibility index (Phi) is 7.47. The van der Waals surface area contributed by atoms with Gasteiger partial charge in [-0.25, -0.2) is 4.79 Å². The van der Waals surface area contributed by atoms with Crippen LogP contribution >= 0.6 is 0 Å². The molecule has 1 fully saturated rings. The quantitative estimate of drug-likeness (QED) is 0.427. The second kappa shape index (κ2) is 10.7. The summed E-state index contributed by atoms with van der Waals surface area (Å²) < 4.78 is 5.43. The van der Waals surface area contributed by atoms with Crippen molar-refractivity contribution in [1.29, 1.82) is 0 Å². The van der Waals surface area contributed by atoms with Gasteiger partial charge in [-0.2, -0.15) is 0 Å². The van der Waals surface area contributed by atoms with Crippen molar-refractivity contribution in [2.24, 2.45) is 5.92 Å². The molecule has 4 N–H and O–H groups in total. The summed E-state index contributed by atoms with van der Waals surface area (Å²) in [7, 11) is 0. The minimum atomic E-state index is -1.10. The van der Waals surface area contributed by atoms with E-state index in [4.69, 9.17) is 9.84 Å². The zero-order valence-electron chi connectivity index (χ0n) is 18.9. The number of amides is 2. The van der Waals surface area contributed by atoms with E-state index < -0.39 is 30.1 Å². The maximum atomic E-state index is 12.3. The summed E-state index contributed by atoms with van der Waals surface area (Å²) in [4.78, 5) is 35.6. The van der Waals surface area contributed by atoms with Gasteiger partial charge in [0.1, 0.15) is 6.61 Å². The molecule has 2 amide bonds. The van der Waals surface area contributed by atoms with E-state index in [0.717, 1.165) is 41.5 Å². The maximum Gasteiger partial charge on any atom is 0.407 e. The predicted octanol–water partition coefficient (Wildman–Crippen LogP) is 3.04. The summed E-state index contributed by atoms with van der Waals surface area (Å²) in [5.41, 5.74) is 4.49. The molecule has 2 unspecified atom stereocenters. The molecule has 0 saturated heterocycles. The van der Waals surface area contributed by atoms with Gasteiger partial charge in [0.2, 0.25) is 5.91 Å². The standard InChI is InChI=1S/C26H30N2O6/c29-17(12-24(30)28-23(13-25(31)32)16-6-5-7-16)14-27-26(33)34-15-22-20-10-3-1-8-18(20)19-9-2-4-11-21(19)22/h1-4,8-11,16-17,22-23,29H,5-7,12-15H2,(H,27,33)(H,28,30)(H,31,32). The minimum absolute atomic E-state index is 0.0634.